The first-order chi connectivity index (χ1) is 16.2. The van der Waals surface area contributed by atoms with Crippen LogP contribution in [0.3, 0.4) is 0 Å². The second-order valence-electron chi connectivity index (χ2n) is 7.47. The minimum atomic E-state index is -3.63. The van der Waals surface area contributed by atoms with Gasteiger partial charge < -0.3 is 24.3 Å². The van der Waals surface area contributed by atoms with E-state index in [1.165, 1.54) is 6.33 Å². The molecule has 1 aromatic carbocycles. The summed E-state index contributed by atoms with van der Waals surface area (Å²) in [6, 6.07) is 7.91. The number of esters is 1. The molecular formula is C20H27IN7O5P. The van der Waals surface area contributed by atoms with Gasteiger partial charge in [0, 0.05) is 0 Å². The number of hydrazine groups is 1. The lowest BCUT2D eigenvalue weighted by Gasteiger charge is -2.24. The molecule has 0 aliphatic heterocycles. The molecule has 3 aromatic rings. The van der Waals surface area contributed by atoms with Crippen molar-refractivity contribution in [1.29, 1.82) is 0 Å². The molecule has 0 bridgehead atoms. The normalized spacial score (nSPS) is 15.9. The lowest BCUT2D eigenvalue weighted by Crippen LogP contribution is -2.44. The van der Waals surface area contributed by atoms with E-state index in [1.54, 1.807) is 49.0 Å². The van der Waals surface area contributed by atoms with E-state index in [2.05, 4.69) is 25.6 Å². The Kier molecular flexibility index (Phi) is 9.19. The van der Waals surface area contributed by atoms with Crippen molar-refractivity contribution in [3.8, 4) is 5.75 Å². The lowest BCUT2D eigenvalue weighted by molar-refractivity contribution is -0.146. The second kappa shape index (κ2) is 11.9. The number of ether oxygens (including phenoxy) is 2. The largest absolute Gasteiger partial charge is 0.451 e. The molecule has 0 saturated carbocycles. The number of fused-ring (bicyclic) bond motifs is 1. The van der Waals surface area contributed by atoms with Crippen molar-refractivity contribution in [2.24, 2.45) is 0 Å². The summed E-state index contributed by atoms with van der Waals surface area (Å²) in [6.45, 7) is 5.52. The van der Waals surface area contributed by atoms with Gasteiger partial charge in [-0.05, 0) is 55.5 Å². The van der Waals surface area contributed by atoms with E-state index in [0.29, 0.717) is 23.5 Å². The van der Waals surface area contributed by atoms with Gasteiger partial charge in [-0.25, -0.2) is 20.4 Å². The van der Waals surface area contributed by atoms with Crippen molar-refractivity contribution >= 4 is 53.1 Å². The van der Waals surface area contributed by atoms with Crippen molar-refractivity contribution in [3.63, 3.8) is 0 Å². The Morgan fingerprint density at radius 3 is 2.65 bits per heavy atom. The van der Waals surface area contributed by atoms with Crippen molar-refractivity contribution in [3.05, 3.63) is 43.0 Å². The molecule has 3 rings (SSSR count). The lowest BCUT2D eigenvalue weighted by atomic mass is 10.3. The van der Waals surface area contributed by atoms with Gasteiger partial charge in [0.2, 0.25) is 0 Å². The van der Waals surface area contributed by atoms with E-state index in [9.17, 15) is 9.36 Å². The number of nitrogens with one attached hydrogen (secondary N) is 2. The maximum Gasteiger partial charge on any atom is 0.355 e. The van der Waals surface area contributed by atoms with Gasteiger partial charge in [-0.1, -0.05) is 18.2 Å². The first-order valence-electron chi connectivity index (χ1n) is 10.4. The van der Waals surface area contributed by atoms with E-state index in [0.717, 1.165) is 0 Å². The van der Waals surface area contributed by atoms with Crippen molar-refractivity contribution < 1.29 is 23.4 Å². The van der Waals surface area contributed by atoms with Crippen LogP contribution >= 0.6 is 30.1 Å². The van der Waals surface area contributed by atoms with Crippen LogP contribution in [0.25, 0.3) is 11.2 Å². The summed E-state index contributed by atoms with van der Waals surface area (Å²) in [5, 5.41) is 2.65. The molecule has 12 nitrogen and oxygen atoms in total. The maximum absolute atomic E-state index is 13.6. The highest BCUT2D eigenvalue weighted by atomic mass is 127. The van der Waals surface area contributed by atoms with E-state index < -0.39 is 19.5 Å². The quantitative estimate of drug-likeness (QED) is 0.0920. The number of nitrogens with zero attached hydrogens (tertiary/aromatic N) is 4. The number of nitrogen functional groups attached to an aromatic ring is 1. The number of carbonyl (C=O) groups is 1. The molecule has 0 saturated heterocycles. The molecular weight excluding hydrogens is 576 g/mol. The fourth-order valence-electron chi connectivity index (χ4n) is 2.84. The highest BCUT2D eigenvalue weighted by Gasteiger charge is 2.29. The highest BCUT2D eigenvalue weighted by molar-refractivity contribution is 14.1. The van der Waals surface area contributed by atoms with Crippen LogP contribution in [0.15, 0.2) is 43.0 Å². The third-order valence-corrected chi connectivity index (χ3v) is 6.21. The highest BCUT2D eigenvalue weighted by Crippen LogP contribution is 2.42. The number of nitrogens with two attached hydrogens (primary N) is 1. The molecule has 0 spiro atoms. The average Bonchev–Trinajstić information content (AvgIpc) is 3.20. The van der Waals surface area contributed by atoms with Gasteiger partial charge in [0.15, 0.2) is 11.5 Å². The average molecular weight is 603 g/mol. The SMILES string of the molecule is CC(I)OC(=O)[C@H](C)NNP(=O)(CO[C@H](C)Cn1cnc2c(N)ncnc21)Oc1ccccc1. The molecule has 2 unspecified atom stereocenters. The third kappa shape index (κ3) is 7.34. The molecule has 34 heavy (non-hydrogen) atoms. The zero-order chi connectivity index (χ0) is 24.7. The van der Waals surface area contributed by atoms with Gasteiger partial charge in [-0.2, -0.15) is 5.20 Å². The number of alkyl halides is 1. The minimum Gasteiger partial charge on any atom is -0.451 e. The minimum absolute atomic E-state index is 0.274. The van der Waals surface area contributed by atoms with Crippen LogP contribution in [0.1, 0.15) is 20.8 Å². The van der Waals surface area contributed by atoms with Crippen LogP contribution in [-0.2, 0) is 25.4 Å². The second-order valence-corrected chi connectivity index (χ2v) is 11.2. The number of anilines is 1. The van der Waals surface area contributed by atoms with Crippen LogP contribution in [0.2, 0.25) is 0 Å². The van der Waals surface area contributed by atoms with Gasteiger partial charge in [-0.3, -0.25) is 9.36 Å². The Bertz CT molecular complexity index is 1150. The van der Waals surface area contributed by atoms with Crippen molar-refractivity contribution in [1.82, 2.24) is 30.1 Å². The zero-order valence-electron chi connectivity index (χ0n) is 18.9. The molecule has 4 N–H and O–H groups in total. The predicted molar refractivity (Wildman–Crippen MR) is 135 cm³/mol. The number of carbonyl (C=O) groups excluding carboxylic acids is 1. The molecule has 0 radical (unpaired) electrons. The van der Waals surface area contributed by atoms with Gasteiger partial charge >= 0.3 is 13.5 Å². The zero-order valence-corrected chi connectivity index (χ0v) is 22.0. The van der Waals surface area contributed by atoms with E-state index in [1.807, 2.05) is 35.6 Å². The summed E-state index contributed by atoms with van der Waals surface area (Å²) in [6.07, 6.45) is 2.30. The summed E-state index contributed by atoms with van der Waals surface area (Å²) >= 11 is 1.97. The Morgan fingerprint density at radius 1 is 1.21 bits per heavy atom. The topological polar surface area (TPSA) is 156 Å². The smallest absolute Gasteiger partial charge is 0.355 e. The fourth-order valence-corrected chi connectivity index (χ4v) is 4.55. The molecule has 184 valence electrons. The number of imidazole rings is 1. The molecule has 0 aliphatic carbocycles. The summed E-state index contributed by atoms with van der Waals surface area (Å²) in [5.74, 6) is 0.182. The molecule has 0 fully saturated rings. The van der Waals surface area contributed by atoms with Gasteiger partial charge in [-0.15, -0.1) is 0 Å². The van der Waals surface area contributed by atoms with Crippen LogP contribution in [-0.4, -0.2) is 48.1 Å². The molecule has 14 heteroatoms. The Morgan fingerprint density at radius 2 is 1.94 bits per heavy atom. The Hall–Kier alpha value is -2.32. The third-order valence-electron chi connectivity index (χ3n) is 4.49. The molecule has 0 amide bonds. The summed E-state index contributed by atoms with van der Waals surface area (Å²) in [5.41, 5.74) is 9.61. The van der Waals surface area contributed by atoms with Crippen molar-refractivity contribution in [2.45, 2.75) is 43.6 Å². The van der Waals surface area contributed by atoms with E-state index in [4.69, 9.17) is 19.7 Å². The number of halogens is 1. The van der Waals surface area contributed by atoms with E-state index >= 15 is 0 Å². The van der Waals surface area contributed by atoms with E-state index in [-0.39, 0.29) is 22.4 Å². The predicted octanol–water partition coefficient (Wildman–Crippen LogP) is 2.85. The Balaban J connectivity index is 1.65. The van der Waals surface area contributed by atoms with Crippen LogP contribution in [0, 0.1) is 0 Å². The number of benzene rings is 1. The molecule has 2 heterocycles. The van der Waals surface area contributed by atoms with Crippen LogP contribution in [0.4, 0.5) is 5.82 Å². The summed E-state index contributed by atoms with van der Waals surface area (Å²) < 4.78 is 31.8. The number of rotatable bonds is 12. The van der Waals surface area contributed by atoms with Crippen LogP contribution < -0.4 is 20.9 Å². The fraction of sp³-hybridized carbons (Fsp3) is 0.400. The first kappa shape index (κ1) is 26.3. The number of hydrogen-bond donors (Lipinski definition) is 3. The number of hydrogen-bond acceptors (Lipinski definition) is 10. The Labute approximate surface area is 210 Å². The summed E-state index contributed by atoms with van der Waals surface area (Å²) in [7, 11) is -3.63. The first-order valence-corrected chi connectivity index (χ1v) is 13.5. The van der Waals surface area contributed by atoms with Gasteiger partial charge in [0.1, 0.15) is 34.1 Å². The van der Waals surface area contributed by atoms with Gasteiger partial charge in [0.05, 0.1) is 19.0 Å². The molecule has 2 aromatic heterocycles. The number of para-hydroxylation sites is 1. The van der Waals surface area contributed by atoms with Crippen LogP contribution in [0.5, 0.6) is 5.75 Å². The number of aromatic nitrogens is 4. The molecule has 0 aliphatic rings. The molecule has 4 atom stereocenters. The van der Waals surface area contributed by atoms with Crippen molar-refractivity contribution in [2.75, 3.05) is 12.1 Å². The maximum atomic E-state index is 13.6. The monoisotopic (exact) mass is 603 g/mol. The standard InChI is InChI=1S/C20H27IN7O5P/c1-13(9-28-11-25-17-18(22)23-10-24-19(17)28)31-12-34(30,33-16-7-5-4-6-8-16)27-26-14(2)20(29)32-15(3)21/h4-8,10-11,13-15,26H,9,12H2,1-3H3,(H,27,30)(H2,22,23,24)/t13-,14+,15?,34?/m1/s1. The summed E-state index contributed by atoms with van der Waals surface area (Å²) in [4.78, 5) is 24.5. The van der Waals surface area contributed by atoms with Gasteiger partial charge in [0.25, 0.3) is 0 Å².